The van der Waals surface area contributed by atoms with Gasteiger partial charge in [-0.1, -0.05) is 0 Å². The van der Waals surface area contributed by atoms with E-state index in [2.05, 4.69) is 55.2 Å². The molecule has 1 aromatic carbocycles. The van der Waals surface area contributed by atoms with E-state index in [-0.39, 0.29) is 24.8 Å². The summed E-state index contributed by atoms with van der Waals surface area (Å²) < 4.78 is 3.38. The molecule has 0 aliphatic heterocycles. The minimum atomic E-state index is 0. The average Bonchev–Trinajstić information content (AvgIpc) is 2.54. The monoisotopic (exact) mass is 374 g/mol. The maximum atomic E-state index is 3.38. The van der Waals surface area contributed by atoms with Gasteiger partial charge in [-0.05, 0) is 0 Å². The van der Waals surface area contributed by atoms with Crippen molar-refractivity contribution < 1.29 is 25.0 Å². The van der Waals surface area contributed by atoms with Gasteiger partial charge in [-0.25, -0.2) is 0 Å². The molecule has 0 radical (unpaired) electrons. The van der Waals surface area contributed by atoms with Crippen LogP contribution in [0.4, 0.5) is 5.69 Å². The molecular formula is C15H20Cl2NZr. The number of para-hydroxylation sites is 1. The van der Waals surface area contributed by atoms with Gasteiger partial charge >= 0.3 is 120 Å². The van der Waals surface area contributed by atoms with Gasteiger partial charge in [-0.3, -0.25) is 0 Å². The Balaban J connectivity index is 0.00000162. The SMILES string of the molecule is CC1=C(C)C(C)C(c2ccccc2[NH][Zr])=C1C.Cl.Cl. The molecule has 19 heavy (non-hydrogen) atoms. The topological polar surface area (TPSA) is 12.0 Å². The Kier molecular flexibility index (Phi) is 7.65. The molecule has 2 rings (SSSR count). The summed E-state index contributed by atoms with van der Waals surface area (Å²) in [5.41, 5.74) is 8.54. The van der Waals surface area contributed by atoms with Crippen LogP contribution in [0.15, 0.2) is 41.0 Å². The number of hydrogen-bond acceptors (Lipinski definition) is 1. The second-order valence-electron chi connectivity index (χ2n) is 4.74. The second kappa shape index (κ2) is 7.67. The molecule has 1 aromatic rings. The molecule has 0 saturated carbocycles. The minimum Gasteiger partial charge on any atom is -0.147 e. The van der Waals surface area contributed by atoms with Gasteiger partial charge < -0.3 is 0 Å². The molecular weight excluding hydrogens is 356 g/mol. The molecule has 1 nitrogen and oxygen atoms in total. The normalized spacial score (nSPS) is 17.9. The van der Waals surface area contributed by atoms with Crippen molar-refractivity contribution in [2.45, 2.75) is 27.7 Å². The van der Waals surface area contributed by atoms with E-state index in [4.69, 9.17) is 0 Å². The number of hydrogen-bond donors (Lipinski definition) is 1. The zero-order valence-corrected chi connectivity index (χ0v) is 15.8. The summed E-state index contributed by atoms with van der Waals surface area (Å²) in [7, 11) is 0. The van der Waals surface area contributed by atoms with Crippen LogP contribution in [0.1, 0.15) is 33.3 Å². The van der Waals surface area contributed by atoms with Gasteiger partial charge in [0.2, 0.25) is 0 Å². The molecule has 0 spiro atoms. The van der Waals surface area contributed by atoms with Crippen LogP contribution < -0.4 is 3.26 Å². The molecule has 103 valence electrons. The Labute approximate surface area is 144 Å². The quantitative estimate of drug-likeness (QED) is 0.751. The van der Waals surface area contributed by atoms with E-state index in [9.17, 15) is 0 Å². The maximum absolute atomic E-state index is 3.38. The van der Waals surface area contributed by atoms with Crippen LogP contribution in [0.5, 0.6) is 0 Å². The molecule has 4 heteroatoms. The fourth-order valence-electron chi connectivity index (χ4n) is 2.63. The van der Waals surface area contributed by atoms with Crippen LogP contribution in [-0.2, 0) is 25.0 Å². The smallest absolute Gasteiger partial charge is 0.147 e. The second-order valence-corrected chi connectivity index (χ2v) is 5.35. The molecule has 0 aromatic heterocycles. The van der Waals surface area contributed by atoms with Crippen LogP contribution in [0.2, 0.25) is 0 Å². The Bertz CT molecular complexity index is 521. The van der Waals surface area contributed by atoms with E-state index in [1.165, 1.54) is 58.6 Å². The van der Waals surface area contributed by atoms with Crippen molar-refractivity contribution in [1.29, 1.82) is 0 Å². The predicted molar refractivity (Wildman–Crippen MR) is 84.7 cm³/mol. The first-order valence-corrected chi connectivity index (χ1v) is 7.21. The van der Waals surface area contributed by atoms with Gasteiger partial charge in [0, 0.05) is 0 Å². The van der Waals surface area contributed by atoms with Crippen molar-refractivity contribution in [3.63, 3.8) is 0 Å². The third-order valence-electron chi connectivity index (χ3n) is 3.99. The Hall–Kier alpha value is -0.0369. The van der Waals surface area contributed by atoms with Gasteiger partial charge in [0.05, 0.1) is 0 Å². The molecule has 1 unspecified atom stereocenters. The van der Waals surface area contributed by atoms with Crippen molar-refractivity contribution >= 4 is 36.1 Å². The minimum absolute atomic E-state index is 0. The zero-order valence-electron chi connectivity index (χ0n) is 11.7. The van der Waals surface area contributed by atoms with Gasteiger partial charge in [-0.2, -0.15) is 0 Å². The molecule has 0 bridgehead atoms. The van der Waals surface area contributed by atoms with Crippen LogP contribution in [0, 0.1) is 5.92 Å². The van der Waals surface area contributed by atoms with Crippen molar-refractivity contribution in [3.8, 4) is 0 Å². The van der Waals surface area contributed by atoms with Crippen LogP contribution in [-0.4, -0.2) is 0 Å². The fraction of sp³-hybridized carbons (Fsp3) is 0.333. The summed E-state index contributed by atoms with van der Waals surface area (Å²) in [4.78, 5) is 0. The summed E-state index contributed by atoms with van der Waals surface area (Å²) in [5.74, 6) is 0.542. The molecule has 1 N–H and O–H groups in total. The van der Waals surface area contributed by atoms with Gasteiger partial charge in [0.25, 0.3) is 0 Å². The van der Waals surface area contributed by atoms with E-state index in [0.29, 0.717) is 5.92 Å². The third-order valence-corrected chi connectivity index (χ3v) is 4.65. The first-order valence-electron chi connectivity index (χ1n) is 5.98. The molecule has 0 fully saturated rings. The zero-order chi connectivity index (χ0) is 12.6. The molecule has 0 saturated heterocycles. The summed E-state index contributed by atoms with van der Waals surface area (Å²) in [6, 6.07) is 8.62. The predicted octanol–water partition coefficient (Wildman–Crippen LogP) is 5.16. The van der Waals surface area contributed by atoms with Crippen molar-refractivity contribution in [2.24, 2.45) is 5.92 Å². The van der Waals surface area contributed by atoms with Crippen LogP contribution >= 0.6 is 24.8 Å². The van der Waals surface area contributed by atoms with E-state index in [1.54, 1.807) is 0 Å². The number of rotatable bonds is 2. The largest absolute Gasteiger partial charge is 0.147 e. The molecule has 1 aliphatic carbocycles. The number of allylic oxidation sites excluding steroid dienone is 4. The van der Waals surface area contributed by atoms with E-state index in [0.717, 1.165) is 0 Å². The Morgan fingerprint density at radius 2 is 1.58 bits per heavy atom. The third kappa shape index (κ3) is 3.35. The summed E-state index contributed by atoms with van der Waals surface area (Å²) in [6.45, 7) is 9.05. The average molecular weight is 376 g/mol. The van der Waals surface area contributed by atoms with E-state index < -0.39 is 0 Å². The number of anilines is 1. The molecule has 0 amide bonds. The summed E-state index contributed by atoms with van der Waals surface area (Å²) >= 11 is 1.34. The van der Waals surface area contributed by atoms with Gasteiger partial charge in [-0.15, -0.1) is 24.8 Å². The number of nitrogens with one attached hydrogen (secondary N) is 1. The van der Waals surface area contributed by atoms with Crippen molar-refractivity contribution in [2.75, 3.05) is 3.26 Å². The number of benzene rings is 1. The van der Waals surface area contributed by atoms with E-state index in [1.807, 2.05) is 0 Å². The summed E-state index contributed by atoms with van der Waals surface area (Å²) in [6.07, 6.45) is 0. The fourth-order valence-corrected chi connectivity index (χ4v) is 3.16. The molecule has 1 atom stereocenters. The van der Waals surface area contributed by atoms with Crippen LogP contribution in [0.3, 0.4) is 0 Å². The van der Waals surface area contributed by atoms with Crippen LogP contribution in [0.25, 0.3) is 5.57 Å². The van der Waals surface area contributed by atoms with E-state index >= 15 is 0 Å². The molecule has 1 aliphatic rings. The maximum Gasteiger partial charge on any atom is -0.147 e. The summed E-state index contributed by atoms with van der Waals surface area (Å²) in [5, 5.41) is 0. The van der Waals surface area contributed by atoms with Crippen molar-refractivity contribution in [1.82, 2.24) is 0 Å². The first kappa shape index (κ1) is 19.0. The Morgan fingerprint density at radius 3 is 2.05 bits per heavy atom. The Morgan fingerprint density at radius 1 is 1.00 bits per heavy atom. The number of halogens is 2. The molecule has 0 heterocycles. The van der Waals surface area contributed by atoms with Gasteiger partial charge in [0.1, 0.15) is 0 Å². The van der Waals surface area contributed by atoms with Crippen molar-refractivity contribution in [3.05, 3.63) is 46.5 Å². The van der Waals surface area contributed by atoms with Gasteiger partial charge in [0.15, 0.2) is 0 Å². The standard InChI is InChI=1S/C15H18N.2ClH.Zr/c1-9-10(2)12(4)15(11(9)3)13-7-5-6-8-14(13)16;;;/h5-8,11,16H,1-4H3;2*1H;/q-1;;;+1. The first-order chi connectivity index (χ1) is 8.07.